The smallest absolute Gasteiger partial charge is 0.251 e. The third kappa shape index (κ3) is 6.18. The summed E-state index contributed by atoms with van der Waals surface area (Å²) in [7, 11) is 1.56. The minimum absolute atomic E-state index is 0.0126. The summed E-state index contributed by atoms with van der Waals surface area (Å²) in [5.41, 5.74) is 3.15. The number of nitrogens with one attached hydrogen (secondary N) is 4. The summed E-state index contributed by atoms with van der Waals surface area (Å²) in [6, 6.07) is 23.2. The van der Waals surface area contributed by atoms with Gasteiger partial charge < -0.3 is 21.3 Å². The number of carbonyl (C=O) groups excluding carboxylic acids is 3. The first-order valence-electron chi connectivity index (χ1n) is 10.3. The zero-order valence-electron chi connectivity index (χ0n) is 18.0. The molecule has 1 atom stereocenters. The number of carbonyl (C=O) groups is 3. The van der Waals surface area contributed by atoms with Gasteiger partial charge in [0.1, 0.15) is 0 Å². The maximum atomic E-state index is 12.6. The zero-order chi connectivity index (χ0) is 22.9. The molecular formula is C25H26N4O3. The van der Waals surface area contributed by atoms with Gasteiger partial charge >= 0.3 is 0 Å². The van der Waals surface area contributed by atoms with Gasteiger partial charge in [-0.1, -0.05) is 42.5 Å². The van der Waals surface area contributed by atoms with Gasteiger partial charge in [-0.3, -0.25) is 14.4 Å². The minimum Gasteiger partial charge on any atom is -0.376 e. The Morgan fingerprint density at radius 1 is 0.781 bits per heavy atom. The standard InChI is InChI=1S/C25H26N4O3/c1-17(18-8-4-3-5-9-18)28-25(32)20-11-7-13-22(15-20)29-23(30)16-27-21-12-6-10-19(14-21)24(31)26-2/h3-15,17,27H,16H2,1-2H3,(H,26,31)(H,28,32)(H,29,30). The predicted molar refractivity (Wildman–Crippen MR) is 126 cm³/mol. The van der Waals surface area contributed by atoms with E-state index in [9.17, 15) is 14.4 Å². The van der Waals surface area contributed by atoms with Gasteiger partial charge in [-0.15, -0.1) is 0 Å². The molecule has 0 saturated carbocycles. The topological polar surface area (TPSA) is 99.3 Å². The first-order valence-corrected chi connectivity index (χ1v) is 10.3. The average Bonchev–Trinajstić information content (AvgIpc) is 2.83. The lowest BCUT2D eigenvalue weighted by molar-refractivity contribution is -0.114. The summed E-state index contributed by atoms with van der Waals surface area (Å²) in [6.07, 6.45) is 0. The van der Waals surface area contributed by atoms with Gasteiger partial charge in [0.05, 0.1) is 12.6 Å². The highest BCUT2D eigenvalue weighted by atomic mass is 16.2. The van der Waals surface area contributed by atoms with Crippen molar-refractivity contribution >= 4 is 29.1 Å². The molecule has 0 heterocycles. The minimum atomic E-state index is -0.273. The van der Waals surface area contributed by atoms with E-state index in [0.717, 1.165) is 5.56 Å². The van der Waals surface area contributed by atoms with Crippen molar-refractivity contribution in [3.8, 4) is 0 Å². The predicted octanol–water partition coefficient (Wildman–Crippen LogP) is 3.59. The fraction of sp³-hybridized carbons (Fsp3) is 0.160. The average molecular weight is 431 g/mol. The molecule has 4 N–H and O–H groups in total. The normalized spacial score (nSPS) is 11.2. The van der Waals surface area contributed by atoms with Crippen molar-refractivity contribution in [2.45, 2.75) is 13.0 Å². The van der Waals surface area contributed by atoms with Gasteiger partial charge in [0.2, 0.25) is 5.91 Å². The van der Waals surface area contributed by atoms with Crippen LogP contribution in [0.4, 0.5) is 11.4 Å². The zero-order valence-corrected chi connectivity index (χ0v) is 18.0. The molecule has 0 aromatic heterocycles. The molecule has 7 heteroatoms. The SMILES string of the molecule is CNC(=O)c1cccc(NCC(=O)Nc2cccc(C(=O)NC(C)c3ccccc3)c2)c1. The van der Waals surface area contributed by atoms with Gasteiger partial charge in [0.25, 0.3) is 11.8 Å². The van der Waals surface area contributed by atoms with Gasteiger partial charge in [-0.25, -0.2) is 0 Å². The quantitative estimate of drug-likeness (QED) is 0.439. The van der Waals surface area contributed by atoms with Crippen molar-refractivity contribution in [1.82, 2.24) is 10.6 Å². The van der Waals surface area contributed by atoms with E-state index >= 15 is 0 Å². The second-order valence-electron chi connectivity index (χ2n) is 7.25. The van der Waals surface area contributed by atoms with Crippen LogP contribution in [0.5, 0.6) is 0 Å². The van der Waals surface area contributed by atoms with Crippen LogP contribution >= 0.6 is 0 Å². The molecule has 0 fully saturated rings. The maximum Gasteiger partial charge on any atom is 0.251 e. The van der Waals surface area contributed by atoms with Crippen molar-refractivity contribution in [3.63, 3.8) is 0 Å². The molecule has 164 valence electrons. The van der Waals surface area contributed by atoms with Crippen LogP contribution < -0.4 is 21.3 Å². The summed E-state index contributed by atoms with van der Waals surface area (Å²) in [4.78, 5) is 36.7. The number of anilines is 2. The van der Waals surface area contributed by atoms with Crippen LogP contribution in [0.15, 0.2) is 78.9 Å². The Labute approximate surface area is 187 Å². The number of benzene rings is 3. The van der Waals surface area contributed by atoms with Gasteiger partial charge in [-0.2, -0.15) is 0 Å². The lowest BCUT2D eigenvalue weighted by Crippen LogP contribution is -2.27. The largest absolute Gasteiger partial charge is 0.376 e. The van der Waals surface area contributed by atoms with Crippen LogP contribution in [0, 0.1) is 0 Å². The highest BCUT2D eigenvalue weighted by Gasteiger charge is 2.12. The third-order valence-electron chi connectivity index (χ3n) is 4.86. The van der Waals surface area contributed by atoms with Crippen LogP contribution in [-0.4, -0.2) is 31.3 Å². The number of amides is 3. The van der Waals surface area contributed by atoms with E-state index in [-0.39, 0.29) is 30.3 Å². The lowest BCUT2D eigenvalue weighted by Gasteiger charge is -2.15. The molecule has 3 aromatic rings. The fourth-order valence-electron chi connectivity index (χ4n) is 3.15. The molecule has 32 heavy (non-hydrogen) atoms. The van der Waals surface area contributed by atoms with E-state index in [1.54, 1.807) is 55.6 Å². The maximum absolute atomic E-state index is 12.6. The molecule has 3 amide bonds. The molecule has 7 nitrogen and oxygen atoms in total. The molecule has 1 unspecified atom stereocenters. The van der Waals surface area contributed by atoms with Crippen molar-refractivity contribution in [2.75, 3.05) is 24.2 Å². The molecule has 0 aliphatic heterocycles. The van der Waals surface area contributed by atoms with E-state index in [4.69, 9.17) is 0 Å². The lowest BCUT2D eigenvalue weighted by atomic mass is 10.1. The Kier molecular flexibility index (Phi) is 7.59. The number of hydrogen-bond acceptors (Lipinski definition) is 4. The van der Waals surface area contributed by atoms with Crippen molar-refractivity contribution in [3.05, 3.63) is 95.6 Å². The second-order valence-corrected chi connectivity index (χ2v) is 7.25. The van der Waals surface area contributed by atoms with E-state index in [1.807, 2.05) is 37.3 Å². The molecule has 0 aliphatic rings. The molecule has 0 aliphatic carbocycles. The number of rotatable bonds is 8. The second kappa shape index (κ2) is 10.8. The molecule has 0 radical (unpaired) electrons. The van der Waals surface area contributed by atoms with Gasteiger partial charge in [-0.05, 0) is 48.9 Å². The van der Waals surface area contributed by atoms with Crippen LogP contribution in [0.1, 0.15) is 39.2 Å². The molecule has 0 spiro atoms. The summed E-state index contributed by atoms with van der Waals surface area (Å²) < 4.78 is 0. The summed E-state index contributed by atoms with van der Waals surface area (Å²) in [5.74, 6) is -0.693. The summed E-state index contributed by atoms with van der Waals surface area (Å²) in [5, 5.41) is 11.3. The fourth-order valence-corrected chi connectivity index (χ4v) is 3.15. The molecule has 0 saturated heterocycles. The van der Waals surface area contributed by atoms with Crippen LogP contribution in [-0.2, 0) is 4.79 Å². The summed E-state index contributed by atoms with van der Waals surface area (Å²) in [6.45, 7) is 1.93. The van der Waals surface area contributed by atoms with Crippen LogP contribution in [0.25, 0.3) is 0 Å². The Bertz CT molecular complexity index is 1100. The molecule has 3 rings (SSSR count). The van der Waals surface area contributed by atoms with Gasteiger partial charge in [0.15, 0.2) is 0 Å². The van der Waals surface area contributed by atoms with Crippen LogP contribution in [0.2, 0.25) is 0 Å². The van der Waals surface area contributed by atoms with Gasteiger partial charge in [0, 0.05) is 29.5 Å². The van der Waals surface area contributed by atoms with Crippen molar-refractivity contribution < 1.29 is 14.4 Å². The molecular weight excluding hydrogens is 404 g/mol. The highest BCUT2D eigenvalue weighted by molar-refractivity contribution is 5.98. The molecule has 3 aromatic carbocycles. The Balaban J connectivity index is 1.56. The Hall–Kier alpha value is -4.13. The third-order valence-corrected chi connectivity index (χ3v) is 4.86. The first kappa shape index (κ1) is 22.6. The number of hydrogen-bond donors (Lipinski definition) is 4. The Morgan fingerprint density at radius 3 is 2.09 bits per heavy atom. The van der Waals surface area contributed by atoms with Crippen LogP contribution in [0.3, 0.4) is 0 Å². The van der Waals surface area contributed by atoms with E-state index in [0.29, 0.717) is 22.5 Å². The molecule has 0 bridgehead atoms. The van der Waals surface area contributed by atoms with E-state index in [2.05, 4.69) is 21.3 Å². The van der Waals surface area contributed by atoms with E-state index in [1.165, 1.54) is 0 Å². The van der Waals surface area contributed by atoms with Crippen molar-refractivity contribution in [2.24, 2.45) is 0 Å². The first-order chi connectivity index (χ1) is 15.5. The highest BCUT2D eigenvalue weighted by Crippen LogP contribution is 2.15. The van der Waals surface area contributed by atoms with Crippen molar-refractivity contribution in [1.29, 1.82) is 0 Å². The monoisotopic (exact) mass is 430 g/mol. The Morgan fingerprint density at radius 2 is 1.41 bits per heavy atom. The van der Waals surface area contributed by atoms with E-state index < -0.39 is 0 Å². The summed E-state index contributed by atoms with van der Waals surface area (Å²) >= 11 is 0.